The molecular formula is C12H15ClO2. The maximum Gasteiger partial charge on any atom is 0.147 e. The topological polar surface area (TPSA) is 37.3 Å². The first-order valence-corrected chi connectivity index (χ1v) is 5.49. The van der Waals surface area contributed by atoms with Gasteiger partial charge in [-0.25, -0.2) is 0 Å². The molecule has 0 fully saturated rings. The van der Waals surface area contributed by atoms with E-state index >= 15 is 0 Å². The molecule has 0 spiro atoms. The molecule has 15 heavy (non-hydrogen) atoms. The minimum absolute atomic E-state index is 0.0252. The van der Waals surface area contributed by atoms with Crippen LogP contribution in [-0.2, 0) is 4.79 Å². The van der Waals surface area contributed by atoms with Gasteiger partial charge in [-0.1, -0.05) is 29.8 Å². The molecule has 0 amide bonds. The standard InChI is InChI=1S/C12H15ClO2/c1-9-2-4-10(5-3-9)12(15)7-6-11(14)8-13/h2-5,12,15H,6-8H2,1H3. The molecule has 82 valence electrons. The summed E-state index contributed by atoms with van der Waals surface area (Å²) in [6.45, 7) is 1.99. The van der Waals surface area contributed by atoms with Crippen LogP contribution in [0.15, 0.2) is 24.3 Å². The molecular weight excluding hydrogens is 212 g/mol. The van der Waals surface area contributed by atoms with Gasteiger partial charge in [0.15, 0.2) is 0 Å². The summed E-state index contributed by atoms with van der Waals surface area (Å²) in [5.41, 5.74) is 2.01. The number of carbonyl (C=O) groups excluding carboxylic acids is 1. The fourth-order valence-corrected chi connectivity index (χ4v) is 1.45. The van der Waals surface area contributed by atoms with Crippen molar-refractivity contribution >= 4 is 17.4 Å². The lowest BCUT2D eigenvalue weighted by Crippen LogP contribution is -2.04. The van der Waals surface area contributed by atoms with E-state index in [1.54, 1.807) is 0 Å². The number of aryl methyl sites for hydroxylation is 1. The van der Waals surface area contributed by atoms with Crippen molar-refractivity contribution in [1.82, 2.24) is 0 Å². The number of Topliss-reactive ketones (excluding diaryl/α,β-unsaturated/α-hetero) is 1. The highest BCUT2D eigenvalue weighted by molar-refractivity contribution is 6.27. The van der Waals surface area contributed by atoms with Gasteiger partial charge in [-0.3, -0.25) is 4.79 Å². The third kappa shape index (κ3) is 4.02. The summed E-state index contributed by atoms with van der Waals surface area (Å²) in [4.78, 5) is 11.0. The molecule has 1 aromatic rings. The average molecular weight is 227 g/mol. The van der Waals surface area contributed by atoms with Gasteiger partial charge >= 0.3 is 0 Å². The average Bonchev–Trinajstić information content (AvgIpc) is 2.26. The number of ketones is 1. The Kier molecular flexibility index (Phi) is 4.79. The second-order valence-electron chi connectivity index (χ2n) is 3.64. The van der Waals surface area contributed by atoms with Crippen LogP contribution in [0.25, 0.3) is 0 Å². The molecule has 1 atom stereocenters. The first-order chi connectivity index (χ1) is 7.13. The molecule has 0 bridgehead atoms. The van der Waals surface area contributed by atoms with Crippen LogP contribution in [-0.4, -0.2) is 16.8 Å². The molecule has 0 aliphatic carbocycles. The molecule has 1 aromatic carbocycles. The van der Waals surface area contributed by atoms with Crippen molar-refractivity contribution in [3.8, 4) is 0 Å². The first kappa shape index (κ1) is 12.2. The molecule has 0 saturated carbocycles. The van der Waals surface area contributed by atoms with Crippen LogP contribution in [0.3, 0.4) is 0 Å². The van der Waals surface area contributed by atoms with Crippen molar-refractivity contribution in [3.63, 3.8) is 0 Å². The van der Waals surface area contributed by atoms with Crippen molar-refractivity contribution in [2.45, 2.75) is 25.9 Å². The van der Waals surface area contributed by atoms with E-state index in [2.05, 4.69) is 0 Å². The summed E-state index contributed by atoms with van der Waals surface area (Å²) in [5, 5.41) is 9.76. The van der Waals surface area contributed by atoms with Crippen LogP contribution in [0.4, 0.5) is 0 Å². The SMILES string of the molecule is Cc1ccc(C(O)CCC(=O)CCl)cc1. The third-order valence-electron chi connectivity index (χ3n) is 2.31. The fourth-order valence-electron chi connectivity index (χ4n) is 1.32. The summed E-state index contributed by atoms with van der Waals surface area (Å²) in [6.07, 6.45) is 0.199. The molecule has 0 radical (unpaired) electrons. The van der Waals surface area contributed by atoms with E-state index in [9.17, 15) is 9.90 Å². The predicted octanol–water partition coefficient (Wildman–Crippen LogP) is 2.62. The second-order valence-corrected chi connectivity index (χ2v) is 3.90. The van der Waals surface area contributed by atoms with Gasteiger partial charge in [-0.2, -0.15) is 0 Å². The number of aliphatic hydroxyl groups excluding tert-OH is 1. The van der Waals surface area contributed by atoms with Crippen molar-refractivity contribution in [1.29, 1.82) is 0 Å². The van der Waals surface area contributed by atoms with E-state index in [0.29, 0.717) is 12.8 Å². The zero-order valence-corrected chi connectivity index (χ0v) is 9.50. The van der Waals surface area contributed by atoms with Gasteiger partial charge in [0.05, 0.1) is 12.0 Å². The lowest BCUT2D eigenvalue weighted by Gasteiger charge is -2.10. The Bertz CT molecular complexity index is 319. The second kappa shape index (κ2) is 5.89. The molecule has 2 nitrogen and oxygen atoms in total. The molecule has 1 N–H and O–H groups in total. The van der Waals surface area contributed by atoms with Crippen LogP contribution in [0.1, 0.15) is 30.1 Å². The Morgan fingerprint density at radius 2 is 2.00 bits per heavy atom. The number of hydrogen-bond donors (Lipinski definition) is 1. The van der Waals surface area contributed by atoms with Crippen LogP contribution >= 0.6 is 11.6 Å². The molecule has 0 aromatic heterocycles. The molecule has 0 saturated heterocycles. The number of benzene rings is 1. The number of aliphatic hydroxyl groups is 1. The Morgan fingerprint density at radius 1 is 1.40 bits per heavy atom. The van der Waals surface area contributed by atoms with Gasteiger partial charge in [0.2, 0.25) is 0 Å². The Labute approximate surface area is 94.9 Å². The highest BCUT2D eigenvalue weighted by Crippen LogP contribution is 2.18. The van der Waals surface area contributed by atoms with E-state index in [1.165, 1.54) is 0 Å². The van der Waals surface area contributed by atoms with E-state index in [1.807, 2.05) is 31.2 Å². The number of alkyl halides is 1. The zero-order chi connectivity index (χ0) is 11.3. The van der Waals surface area contributed by atoms with Gasteiger partial charge in [0, 0.05) is 6.42 Å². The van der Waals surface area contributed by atoms with Crippen LogP contribution in [0.2, 0.25) is 0 Å². The maximum absolute atomic E-state index is 11.0. The number of hydrogen-bond acceptors (Lipinski definition) is 2. The highest BCUT2D eigenvalue weighted by Gasteiger charge is 2.09. The fraction of sp³-hybridized carbons (Fsp3) is 0.417. The molecule has 0 aliphatic heterocycles. The minimum atomic E-state index is -0.572. The lowest BCUT2D eigenvalue weighted by atomic mass is 10.0. The summed E-state index contributed by atoms with van der Waals surface area (Å²) >= 11 is 5.37. The third-order valence-corrected chi connectivity index (χ3v) is 2.61. The van der Waals surface area contributed by atoms with E-state index in [4.69, 9.17) is 11.6 Å². The van der Waals surface area contributed by atoms with E-state index < -0.39 is 6.10 Å². The number of halogens is 1. The normalized spacial score (nSPS) is 12.5. The zero-order valence-electron chi connectivity index (χ0n) is 8.74. The van der Waals surface area contributed by atoms with Gasteiger partial charge in [-0.15, -0.1) is 11.6 Å². The van der Waals surface area contributed by atoms with Crippen molar-refractivity contribution in [3.05, 3.63) is 35.4 Å². The van der Waals surface area contributed by atoms with Gasteiger partial charge in [-0.05, 0) is 18.9 Å². The Morgan fingerprint density at radius 3 is 2.53 bits per heavy atom. The van der Waals surface area contributed by atoms with Gasteiger partial charge in [0.1, 0.15) is 5.78 Å². The highest BCUT2D eigenvalue weighted by atomic mass is 35.5. The van der Waals surface area contributed by atoms with E-state index in [0.717, 1.165) is 11.1 Å². The molecule has 3 heteroatoms. The molecule has 0 heterocycles. The maximum atomic E-state index is 11.0. The van der Waals surface area contributed by atoms with Gasteiger partial charge in [0.25, 0.3) is 0 Å². The van der Waals surface area contributed by atoms with Crippen LogP contribution in [0.5, 0.6) is 0 Å². The summed E-state index contributed by atoms with van der Waals surface area (Å²) < 4.78 is 0. The summed E-state index contributed by atoms with van der Waals surface area (Å²) in [6, 6.07) is 7.65. The van der Waals surface area contributed by atoms with Crippen molar-refractivity contribution in [2.75, 3.05) is 5.88 Å². The lowest BCUT2D eigenvalue weighted by molar-refractivity contribution is -0.117. The molecule has 0 aliphatic rings. The largest absolute Gasteiger partial charge is 0.388 e. The quantitative estimate of drug-likeness (QED) is 0.784. The van der Waals surface area contributed by atoms with Crippen molar-refractivity contribution in [2.24, 2.45) is 0 Å². The minimum Gasteiger partial charge on any atom is -0.388 e. The first-order valence-electron chi connectivity index (χ1n) is 4.95. The number of carbonyl (C=O) groups is 1. The van der Waals surface area contributed by atoms with Crippen molar-refractivity contribution < 1.29 is 9.90 Å². The van der Waals surface area contributed by atoms with Gasteiger partial charge < -0.3 is 5.11 Å². The number of rotatable bonds is 5. The molecule has 1 unspecified atom stereocenters. The summed E-state index contributed by atoms with van der Waals surface area (Å²) in [7, 11) is 0. The monoisotopic (exact) mass is 226 g/mol. The summed E-state index contributed by atoms with van der Waals surface area (Å²) in [5.74, 6) is 0.00323. The van der Waals surface area contributed by atoms with Crippen LogP contribution < -0.4 is 0 Å². The smallest absolute Gasteiger partial charge is 0.147 e. The van der Waals surface area contributed by atoms with E-state index in [-0.39, 0.29) is 11.7 Å². The Hall–Kier alpha value is -0.860. The predicted molar refractivity (Wildman–Crippen MR) is 61.1 cm³/mol. The van der Waals surface area contributed by atoms with Crippen LogP contribution in [0, 0.1) is 6.92 Å². The Balaban J connectivity index is 2.50. The molecule has 1 rings (SSSR count).